The van der Waals surface area contributed by atoms with E-state index in [2.05, 4.69) is 0 Å². The van der Waals surface area contributed by atoms with Gasteiger partial charge in [-0.15, -0.1) is 0 Å². The van der Waals surface area contributed by atoms with Gasteiger partial charge in [0.2, 0.25) is 0 Å². The monoisotopic (exact) mass is 485 g/mol. The molecule has 1 saturated heterocycles. The molecule has 6 nitrogen and oxygen atoms in total. The molecule has 1 fully saturated rings. The number of carbonyl (C=O) groups excluding carboxylic acids is 2. The molecule has 0 radical (unpaired) electrons. The first-order valence-corrected chi connectivity index (χ1v) is 10.4. The molecule has 0 aliphatic carbocycles. The number of benzene rings is 3. The maximum atomic E-state index is 14.0. The number of methoxy groups -OCH3 is 2. The molecule has 0 saturated carbocycles. The van der Waals surface area contributed by atoms with Crippen molar-refractivity contribution in [3.63, 3.8) is 0 Å². The highest BCUT2D eigenvalue weighted by Crippen LogP contribution is 2.44. The Kier molecular flexibility index (Phi) is 6.26. The van der Waals surface area contributed by atoms with E-state index < -0.39 is 35.1 Å². The van der Waals surface area contributed by atoms with Crippen LogP contribution in [-0.2, 0) is 9.59 Å². The van der Waals surface area contributed by atoms with Crippen LogP contribution in [-0.4, -0.2) is 31.0 Å². The molecule has 0 bridgehead atoms. The van der Waals surface area contributed by atoms with Crippen LogP contribution < -0.4 is 14.4 Å². The van der Waals surface area contributed by atoms with Gasteiger partial charge in [0, 0.05) is 5.69 Å². The third-order valence-corrected chi connectivity index (χ3v) is 5.76. The Balaban J connectivity index is 1.98. The molecule has 1 amide bonds. The Bertz CT molecular complexity index is 1320. The maximum Gasteiger partial charge on any atom is 0.300 e. The number of halogens is 3. The van der Waals surface area contributed by atoms with Gasteiger partial charge in [-0.3, -0.25) is 14.5 Å². The highest BCUT2D eigenvalue weighted by atomic mass is 35.5. The largest absolute Gasteiger partial charge is 0.507 e. The predicted molar refractivity (Wildman–Crippen MR) is 122 cm³/mol. The number of aliphatic hydroxyl groups is 1. The lowest BCUT2D eigenvalue weighted by molar-refractivity contribution is -0.132. The molecule has 4 rings (SSSR count). The second-order valence-corrected chi connectivity index (χ2v) is 7.79. The van der Waals surface area contributed by atoms with Gasteiger partial charge in [-0.2, -0.15) is 0 Å². The molecule has 174 valence electrons. The summed E-state index contributed by atoms with van der Waals surface area (Å²) in [6, 6.07) is 12.4. The number of anilines is 1. The molecule has 1 aliphatic heterocycles. The minimum atomic E-state index is -1.12. The van der Waals surface area contributed by atoms with Crippen LogP contribution >= 0.6 is 11.6 Å². The Morgan fingerprint density at radius 1 is 0.971 bits per heavy atom. The molecule has 3 aromatic rings. The normalized spacial score (nSPS) is 17.2. The van der Waals surface area contributed by atoms with Crippen LogP contribution in [0.4, 0.5) is 14.5 Å². The van der Waals surface area contributed by atoms with Crippen LogP contribution in [0, 0.1) is 11.6 Å². The van der Waals surface area contributed by atoms with E-state index in [0.29, 0.717) is 11.3 Å². The SMILES string of the molecule is COc1ccc(C2/C(=C(\O)c3cc(F)ccc3OC)C(=O)C(=O)N2c2ccc(F)c(Cl)c2)cc1. The summed E-state index contributed by atoms with van der Waals surface area (Å²) in [6.45, 7) is 0. The Morgan fingerprint density at radius 2 is 1.68 bits per heavy atom. The molecule has 0 aromatic heterocycles. The average molecular weight is 486 g/mol. The number of rotatable bonds is 5. The number of ketones is 1. The summed E-state index contributed by atoms with van der Waals surface area (Å²) in [5, 5.41) is 10.9. The summed E-state index contributed by atoms with van der Waals surface area (Å²) < 4.78 is 38.2. The van der Waals surface area contributed by atoms with Gasteiger partial charge in [-0.05, 0) is 54.1 Å². The molecule has 34 heavy (non-hydrogen) atoms. The maximum absolute atomic E-state index is 14.0. The van der Waals surface area contributed by atoms with Crippen LogP contribution in [0.5, 0.6) is 11.5 Å². The Hall–Kier alpha value is -3.91. The van der Waals surface area contributed by atoms with E-state index >= 15 is 0 Å². The van der Waals surface area contributed by atoms with Crippen molar-refractivity contribution in [2.75, 3.05) is 19.1 Å². The Labute approximate surface area is 198 Å². The first-order chi connectivity index (χ1) is 16.3. The topological polar surface area (TPSA) is 76.1 Å². The second kappa shape index (κ2) is 9.15. The van der Waals surface area contributed by atoms with E-state index in [1.54, 1.807) is 24.3 Å². The fourth-order valence-corrected chi connectivity index (χ4v) is 4.02. The van der Waals surface area contributed by atoms with Crippen molar-refractivity contribution >= 4 is 34.7 Å². The van der Waals surface area contributed by atoms with Crippen LogP contribution in [0.15, 0.2) is 66.2 Å². The smallest absolute Gasteiger partial charge is 0.300 e. The van der Waals surface area contributed by atoms with Crippen molar-refractivity contribution in [2.45, 2.75) is 6.04 Å². The van der Waals surface area contributed by atoms with Gasteiger partial charge in [-0.1, -0.05) is 23.7 Å². The summed E-state index contributed by atoms with van der Waals surface area (Å²) >= 11 is 5.93. The molecule has 9 heteroatoms. The van der Waals surface area contributed by atoms with Crippen molar-refractivity contribution in [1.82, 2.24) is 0 Å². The molecule has 1 unspecified atom stereocenters. The molecule has 1 atom stereocenters. The molecular formula is C25H18ClF2NO5. The van der Waals surface area contributed by atoms with Crippen molar-refractivity contribution in [1.29, 1.82) is 0 Å². The molecule has 1 heterocycles. The number of nitrogens with zero attached hydrogens (tertiary/aromatic N) is 1. The zero-order valence-electron chi connectivity index (χ0n) is 18.0. The second-order valence-electron chi connectivity index (χ2n) is 7.39. The molecule has 0 spiro atoms. The fraction of sp³-hybridized carbons (Fsp3) is 0.120. The quantitative estimate of drug-likeness (QED) is 0.303. The van der Waals surface area contributed by atoms with Crippen molar-refractivity contribution in [3.8, 4) is 11.5 Å². The average Bonchev–Trinajstić information content (AvgIpc) is 3.10. The number of amides is 1. The van der Waals surface area contributed by atoms with Crippen molar-refractivity contribution in [3.05, 3.63) is 94.0 Å². The van der Waals surface area contributed by atoms with E-state index in [4.69, 9.17) is 21.1 Å². The lowest BCUT2D eigenvalue weighted by Crippen LogP contribution is -2.29. The first kappa shape index (κ1) is 23.3. The number of hydrogen-bond donors (Lipinski definition) is 1. The summed E-state index contributed by atoms with van der Waals surface area (Å²) in [6.07, 6.45) is 0. The van der Waals surface area contributed by atoms with E-state index in [1.165, 1.54) is 32.4 Å². The number of aliphatic hydroxyl groups excluding tert-OH is 1. The zero-order valence-corrected chi connectivity index (χ0v) is 18.8. The lowest BCUT2D eigenvalue weighted by atomic mass is 9.94. The standard InChI is InChI=1S/C25H18ClF2NO5/c1-33-16-7-3-13(4-8-16)22-21(23(30)17-11-14(27)5-10-20(17)34-2)24(31)25(32)29(22)15-6-9-19(28)18(26)12-15/h3-12,22,30H,1-2H3/b23-21+. The van der Waals surface area contributed by atoms with Gasteiger partial charge in [0.25, 0.3) is 11.7 Å². The summed E-state index contributed by atoms with van der Waals surface area (Å²) in [4.78, 5) is 27.4. The number of Topliss-reactive ketones (excluding diaryl/α,β-unsaturated/α-hetero) is 1. The van der Waals surface area contributed by atoms with Gasteiger partial charge in [0.15, 0.2) is 0 Å². The van der Waals surface area contributed by atoms with Crippen LogP contribution in [0.2, 0.25) is 5.02 Å². The zero-order chi connectivity index (χ0) is 24.6. The van der Waals surface area contributed by atoms with Crippen molar-refractivity contribution < 1.29 is 33.0 Å². The molecule has 3 aromatic carbocycles. The number of ether oxygens (including phenoxy) is 2. The van der Waals surface area contributed by atoms with Gasteiger partial charge in [-0.25, -0.2) is 8.78 Å². The minimum absolute atomic E-state index is 0.100. The predicted octanol–water partition coefficient (Wildman–Crippen LogP) is 5.26. The summed E-state index contributed by atoms with van der Waals surface area (Å²) in [7, 11) is 2.81. The fourth-order valence-electron chi connectivity index (χ4n) is 3.85. The van der Waals surface area contributed by atoms with Gasteiger partial charge < -0.3 is 14.6 Å². The third-order valence-electron chi connectivity index (χ3n) is 5.47. The van der Waals surface area contributed by atoms with E-state index in [-0.39, 0.29) is 27.6 Å². The van der Waals surface area contributed by atoms with E-state index in [9.17, 15) is 23.5 Å². The first-order valence-electron chi connectivity index (χ1n) is 10.0. The lowest BCUT2D eigenvalue weighted by Gasteiger charge is -2.26. The van der Waals surface area contributed by atoms with Gasteiger partial charge in [0.05, 0.1) is 36.4 Å². The highest BCUT2D eigenvalue weighted by Gasteiger charge is 2.47. The number of hydrogen-bond acceptors (Lipinski definition) is 5. The van der Waals surface area contributed by atoms with Gasteiger partial charge >= 0.3 is 0 Å². The molecular weight excluding hydrogens is 468 g/mol. The van der Waals surface area contributed by atoms with Crippen LogP contribution in [0.3, 0.4) is 0 Å². The van der Waals surface area contributed by atoms with E-state index in [0.717, 1.165) is 23.1 Å². The van der Waals surface area contributed by atoms with Crippen LogP contribution in [0.1, 0.15) is 17.2 Å². The van der Waals surface area contributed by atoms with Gasteiger partial charge in [0.1, 0.15) is 28.9 Å². The van der Waals surface area contributed by atoms with Crippen LogP contribution in [0.25, 0.3) is 5.76 Å². The Morgan fingerprint density at radius 3 is 2.29 bits per heavy atom. The summed E-state index contributed by atoms with van der Waals surface area (Å²) in [5.74, 6) is -3.35. The summed E-state index contributed by atoms with van der Waals surface area (Å²) in [5.41, 5.74) is 0.188. The number of carbonyl (C=O) groups is 2. The molecule has 1 aliphatic rings. The molecule has 1 N–H and O–H groups in total. The van der Waals surface area contributed by atoms with Crippen molar-refractivity contribution in [2.24, 2.45) is 0 Å². The minimum Gasteiger partial charge on any atom is -0.507 e. The third kappa shape index (κ3) is 3.97. The highest BCUT2D eigenvalue weighted by molar-refractivity contribution is 6.51. The van der Waals surface area contributed by atoms with E-state index in [1.807, 2.05) is 0 Å².